The molecule has 1 heterocycles. The van der Waals surface area contributed by atoms with E-state index in [9.17, 15) is 10.1 Å². The van der Waals surface area contributed by atoms with Crippen molar-refractivity contribution in [1.29, 1.82) is 0 Å². The Labute approximate surface area is 94.4 Å². The predicted octanol–water partition coefficient (Wildman–Crippen LogP) is 2.67. The summed E-state index contributed by atoms with van der Waals surface area (Å²) >= 11 is 0. The molecule has 0 aromatic carbocycles. The summed E-state index contributed by atoms with van der Waals surface area (Å²) in [5, 5.41) is 13.9. The van der Waals surface area contributed by atoms with Crippen molar-refractivity contribution in [3.8, 4) is 0 Å². The Balaban J connectivity index is 2.99. The van der Waals surface area contributed by atoms with E-state index in [0.29, 0.717) is 11.4 Å². The second kappa shape index (κ2) is 5.25. The number of anilines is 1. The standard InChI is InChI=1S/C11H15N3O2/c1-4-5-9(3)13-11-10(14(15)16)8(2)6-7-12-11/h4,6-7,9H,1,5H2,2-3H3,(H,12,13). The number of aryl methyl sites for hydroxylation is 1. The van der Waals surface area contributed by atoms with Crippen LogP contribution in [-0.4, -0.2) is 15.9 Å². The molecule has 0 saturated heterocycles. The van der Waals surface area contributed by atoms with E-state index in [1.54, 1.807) is 25.3 Å². The first-order valence-corrected chi connectivity index (χ1v) is 5.03. The number of hydrogen-bond acceptors (Lipinski definition) is 4. The lowest BCUT2D eigenvalue weighted by Gasteiger charge is -2.12. The molecule has 0 radical (unpaired) electrons. The Kier molecular flexibility index (Phi) is 3.99. The van der Waals surface area contributed by atoms with Crippen molar-refractivity contribution < 1.29 is 4.92 Å². The summed E-state index contributed by atoms with van der Waals surface area (Å²) in [6.07, 6.45) is 4.05. The third kappa shape index (κ3) is 2.79. The number of pyridine rings is 1. The fraction of sp³-hybridized carbons (Fsp3) is 0.364. The van der Waals surface area contributed by atoms with Gasteiger partial charge in [0.15, 0.2) is 0 Å². The van der Waals surface area contributed by atoms with Gasteiger partial charge in [0.1, 0.15) is 0 Å². The van der Waals surface area contributed by atoms with Crippen molar-refractivity contribution in [2.75, 3.05) is 5.32 Å². The van der Waals surface area contributed by atoms with Gasteiger partial charge in [0, 0.05) is 17.8 Å². The average Bonchev–Trinajstić information content (AvgIpc) is 2.17. The van der Waals surface area contributed by atoms with Gasteiger partial charge in [-0.1, -0.05) is 6.08 Å². The molecule has 5 nitrogen and oxygen atoms in total. The van der Waals surface area contributed by atoms with Gasteiger partial charge in [-0.3, -0.25) is 10.1 Å². The van der Waals surface area contributed by atoms with E-state index in [4.69, 9.17) is 0 Å². The van der Waals surface area contributed by atoms with Crippen LogP contribution in [0.15, 0.2) is 24.9 Å². The fourth-order valence-corrected chi connectivity index (χ4v) is 1.43. The number of rotatable bonds is 5. The lowest BCUT2D eigenvalue weighted by molar-refractivity contribution is -0.384. The highest BCUT2D eigenvalue weighted by atomic mass is 16.6. The fourth-order valence-electron chi connectivity index (χ4n) is 1.43. The first-order valence-electron chi connectivity index (χ1n) is 5.03. The van der Waals surface area contributed by atoms with Gasteiger partial charge < -0.3 is 5.32 Å². The predicted molar refractivity (Wildman–Crippen MR) is 63.5 cm³/mol. The van der Waals surface area contributed by atoms with Crippen LogP contribution in [0.2, 0.25) is 0 Å². The molecule has 0 aliphatic rings. The molecular weight excluding hydrogens is 206 g/mol. The summed E-state index contributed by atoms with van der Waals surface area (Å²) in [6, 6.07) is 1.70. The van der Waals surface area contributed by atoms with Crippen molar-refractivity contribution in [3.05, 3.63) is 40.6 Å². The van der Waals surface area contributed by atoms with Crippen molar-refractivity contribution in [2.45, 2.75) is 26.3 Å². The first-order chi connectivity index (χ1) is 7.56. The van der Waals surface area contributed by atoms with Gasteiger partial charge in [-0.05, 0) is 26.3 Å². The largest absolute Gasteiger partial charge is 0.362 e. The van der Waals surface area contributed by atoms with Gasteiger partial charge in [-0.2, -0.15) is 0 Å². The van der Waals surface area contributed by atoms with Gasteiger partial charge in [-0.15, -0.1) is 6.58 Å². The van der Waals surface area contributed by atoms with E-state index < -0.39 is 4.92 Å². The zero-order chi connectivity index (χ0) is 12.1. The third-order valence-corrected chi connectivity index (χ3v) is 2.21. The molecule has 16 heavy (non-hydrogen) atoms. The molecule has 1 rings (SSSR count). The Morgan fingerprint density at radius 2 is 2.44 bits per heavy atom. The summed E-state index contributed by atoms with van der Waals surface area (Å²) in [5.74, 6) is 0.319. The third-order valence-electron chi connectivity index (χ3n) is 2.21. The van der Waals surface area contributed by atoms with Crippen molar-refractivity contribution >= 4 is 11.5 Å². The molecule has 0 saturated carbocycles. The zero-order valence-corrected chi connectivity index (χ0v) is 9.43. The Morgan fingerprint density at radius 1 is 1.75 bits per heavy atom. The number of nitrogens with zero attached hydrogens (tertiary/aromatic N) is 2. The summed E-state index contributed by atoms with van der Waals surface area (Å²) in [7, 11) is 0. The first kappa shape index (κ1) is 12.2. The van der Waals surface area contributed by atoms with Gasteiger partial charge in [-0.25, -0.2) is 4.98 Å². The number of nitro groups is 1. The second-order valence-electron chi connectivity index (χ2n) is 3.65. The van der Waals surface area contributed by atoms with Crippen LogP contribution in [0.25, 0.3) is 0 Å². The van der Waals surface area contributed by atoms with Crippen LogP contribution in [0.5, 0.6) is 0 Å². The molecule has 0 aliphatic heterocycles. The molecule has 1 aromatic rings. The lowest BCUT2D eigenvalue weighted by Crippen LogP contribution is -2.16. The van der Waals surface area contributed by atoms with E-state index in [2.05, 4.69) is 16.9 Å². The van der Waals surface area contributed by atoms with Crippen LogP contribution < -0.4 is 5.32 Å². The zero-order valence-electron chi connectivity index (χ0n) is 9.43. The lowest BCUT2D eigenvalue weighted by atomic mass is 10.2. The summed E-state index contributed by atoms with van der Waals surface area (Å²) in [4.78, 5) is 14.5. The van der Waals surface area contributed by atoms with Crippen molar-refractivity contribution in [1.82, 2.24) is 4.98 Å². The SMILES string of the molecule is C=CCC(C)Nc1nccc(C)c1[N+](=O)[O-]. The van der Waals surface area contributed by atoms with Crippen LogP contribution in [0.4, 0.5) is 11.5 Å². The highest BCUT2D eigenvalue weighted by Gasteiger charge is 2.19. The monoisotopic (exact) mass is 221 g/mol. The van der Waals surface area contributed by atoms with Gasteiger partial charge in [0.05, 0.1) is 4.92 Å². The molecule has 0 spiro atoms. The quantitative estimate of drug-likeness (QED) is 0.471. The normalized spacial score (nSPS) is 11.9. The highest BCUT2D eigenvalue weighted by Crippen LogP contribution is 2.26. The molecule has 0 bridgehead atoms. The number of nitrogens with one attached hydrogen (secondary N) is 1. The van der Waals surface area contributed by atoms with E-state index in [0.717, 1.165) is 6.42 Å². The van der Waals surface area contributed by atoms with E-state index in [-0.39, 0.29) is 11.7 Å². The number of hydrogen-bond donors (Lipinski definition) is 1. The summed E-state index contributed by atoms with van der Waals surface area (Å²) in [5.41, 5.74) is 0.645. The van der Waals surface area contributed by atoms with Gasteiger partial charge in [0.25, 0.3) is 0 Å². The maximum atomic E-state index is 10.9. The molecule has 0 aliphatic carbocycles. The van der Waals surface area contributed by atoms with Gasteiger partial charge >= 0.3 is 5.69 Å². The Bertz CT molecular complexity index is 404. The molecule has 0 fully saturated rings. The topological polar surface area (TPSA) is 68.1 Å². The van der Waals surface area contributed by atoms with Crippen LogP contribution in [0.1, 0.15) is 18.9 Å². The highest BCUT2D eigenvalue weighted by molar-refractivity contribution is 5.60. The molecule has 1 aromatic heterocycles. The molecule has 1 N–H and O–H groups in total. The summed E-state index contributed by atoms with van der Waals surface area (Å²) < 4.78 is 0. The molecule has 5 heteroatoms. The molecule has 1 atom stereocenters. The molecular formula is C11H15N3O2. The minimum absolute atomic E-state index is 0.0402. The minimum Gasteiger partial charge on any atom is -0.362 e. The smallest absolute Gasteiger partial charge is 0.314 e. The van der Waals surface area contributed by atoms with Crippen molar-refractivity contribution in [2.24, 2.45) is 0 Å². The van der Waals surface area contributed by atoms with Crippen molar-refractivity contribution in [3.63, 3.8) is 0 Å². The van der Waals surface area contributed by atoms with Crippen LogP contribution >= 0.6 is 0 Å². The van der Waals surface area contributed by atoms with E-state index in [1.807, 2.05) is 6.92 Å². The van der Waals surface area contributed by atoms with Gasteiger partial charge in [0.2, 0.25) is 5.82 Å². The van der Waals surface area contributed by atoms with Crippen LogP contribution in [0.3, 0.4) is 0 Å². The maximum absolute atomic E-state index is 10.9. The Hall–Kier alpha value is -1.91. The molecule has 1 unspecified atom stereocenters. The van der Waals surface area contributed by atoms with Crippen LogP contribution in [0, 0.1) is 17.0 Å². The van der Waals surface area contributed by atoms with Crippen LogP contribution in [-0.2, 0) is 0 Å². The number of aromatic nitrogens is 1. The molecule has 86 valence electrons. The minimum atomic E-state index is -0.411. The van der Waals surface area contributed by atoms with E-state index >= 15 is 0 Å². The maximum Gasteiger partial charge on any atom is 0.314 e. The molecule has 0 amide bonds. The second-order valence-corrected chi connectivity index (χ2v) is 3.65. The summed E-state index contributed by atoms with van der Waals surface area (Å²) in [6.45, 7) is 7.25. The average molecular weight is 221 g/mol. The van der Waals surface area contributed by atoms with E-state index in [1.165, 1.54) is 0 Å². The Morgan fingerprint density at radius 3 is 3.00 bits per heavy atom.